The van der Waals surface area contributed by atoms with Gasteiger partial charge in [0.25, 0.3) is 0 Å². The highest BCUT2D eigenvalue weighted by molar-refractivity contribution is 7.84. The second-order valence-electron chi connectivity index (χ2n) is 4.22. The fourth-order valence-electron chi connectivity index (χ4n) is 2.10. The molecular formula is C15H11FO2S. The van der Waals surface area contributed by atoms with E-state index in [1.165, 1.54) is 12.1 Å². The molecule has 2 nitrogen and oxygen atoms in total. The molecule has 1 aromatic heterocycles. The van der Waals surface area contributed by atoms with Gasteiger partial charge in [0.2, 0.25) is 0 Å². The molecule has 0 radical (unpaired) electrons. The number of hydrogen-bond acceptors (Lipinski definition) is 2. The van der Waals surface area contributed by atoms with Crippen LogP contribution in [0.2, 0.25) is 0 Å². The number of hydrogen-bond donors (Lipinski definition) is 0. The van der Waals surface area contributed by atoms with Crippen molar-refractivity contribution >= 4 is 21.8 Å². The lowest BCUT2D eigenvalue weighted by molar-refractivity contribution is 0.618. The summed E-state index contributed by atoms with van der Waals surface area (Å²) in [7, 11) is -1.18. The Morgan fingerprint density at radius 3 is 2.42 bits per heavy atom. The van der Waals surface area contributed by atoms with Crippen molar-refractivity contribution < 1.29 is 13.0 Å². The highest BCUT2D eigenvalue weighted by Crippen LogP contribution is 2.35. The second kappa shape index (κ2) is 4.63. The van der Waals surface area contributed by atoms with Crippen LogP contribution in [0.25, 0.3) is 22.3 Å². The Hall–Kier alpha value is -1.94. The minimum atomic E-state index is -1.18. The van der Waals surface area contributed by atoms with E-state index in [0.29, 0.717) is 16.2 Å². The fraction of sp³-hybridized carbons (Fsp3) is 0.0667. The lowest BCUT2D eigenvalue weighted by Gasteiger charge is -2.00. The first-order valence-electron chi connectivity index (χ1n) is 5.77. The molecule has 0 aliphatic rings. The summed E-state index contributed by atoms with van der Waals surface area (Å²) in [6, 6.07) is 13.4. The first-order chi connectivity index (χ1) is 9.16. The third-order valence-corrected chi connectivity index (χ3v) is 3.92. The van der Waals surface area contributed by atoms with Gasteiger partial charge < -0.3 is 4.42 Å². The zero-order valence-corrected chi connectivity index (χ0v) is 11.0. The Morgan fingerprint density at radius 2 is 1.74 bits per heavy atom. The largest absolute Gasteiger partial charge is 0.455 e. The number of para-hydroxylation sites is 1. The molecule has 2 aromatic carbocycles. The highest BCUT2D eigenvalue weighted by Gasteiger charge is 2.18. The molecule has 3 rings (SSSR count). The highest BCUT2D eigenvalue weighted by atomic mass is 32.2. The predicted molar refractivity (Wildman–Crippen MR) is 73.9 cm³/mol. The van der Waals surface area contributed by atoms with Crippen LogP contribution in [0.5, 0.6) is 0 Å². The number of furan rings is 1. The molecule has 19 heavy (non-hydrogen) atoms. The molecule has 0 fully saturated rings. The Balaban J connectivity index is 2.31. The fourth-order valence-corrected chi connectivity index (χ4v) is 3.00. The van der Waals surface area contributed by atoms with Crippen LogP contribution in [0.15, 0.2) is 57.8 Å². The van der Waals surface area contributed by atoms with E-state index in [2.05, 4.69) is 0 Å². The average molecular weight is 274 g/mol. The van der Waals surface area contributed by atoms with Crippen molar-refractivity contribution in [1.29, 1.82) is 0 Å². The number of benzene rings is 2. The topological polar surface area (TPSA) is 30.2 Å². The van der Waals surface area contributed by atoms with Gasteiger partial charge in [0, 0.05) is 17.2 Å². The van der Waals surface area contributed by atoms with Gasteiger partial charge in [-0.3, -0.25) is 4.21 Å². The Morgan fingerprint density at radius 1 is 1.05 bits per heavy atom. The van der Waals surface area contributed by atoms with Gasteiger partial charge in [-0.25, -0.2) is 4.39 Å². The van der Waals surface area contributed by atoms with Gasteiger partial charge in [0.1, 0.15) is 11.4 Å². The summed E-state index contributed by atoms with van der Waals surface area (Å²) in [5.41, 5.74) is 1.41. The molecule has 0 spiro atoms. The van der Waals surface area contributed by atoms with Crippen molar-refractivity contribution in [2.45, 2.75) is 4.90 Å². The molecule has 3 aromatic rings. The maximum Gasteiger partial charge on any atom is 0.151 e. The standard InChI is InChI=1S/C15H11FO2S/c1-19(17)15-12-4-2-3-5-13(12)18-14(15)10-6-8-11(16)9-7-10/h2-9H,1H3. The van der Waals surface area contributed by atoms with Crippen molar-refractivity contribution in [2.24, 2.45) is 0 Å². The van der Waals surface area contributed by atoms with Gasteiger partial charge >= 0.3 is 0 Å². The maximum absolute atomic E-state index is 13.0. The molecule has 0 saturated heterocycles. The molecule has 1 unspecified atom stereocenters. The Bertz CT molecular complexity index is 759. The van der Waals surface area contributed by atoms with Crippen molar-refractivity contribution in [3.05, 3.63) is 54.3 Å². The number of halogens is 1. The molecule has 0 saturated carbocycles. The van der Waals surface area contributed by atoms with Crippen LogP contribution in [0.4, 0.5) is 4.39 Å². The van der Waals surface area contributed by atoms with Gasteiger partial charge in [-0.2, -0.15) is 0 Å². The molecule has 1 heterocycles. The normalized spacial score (nSPS) is 12.7. The van der Waals surface area contributed by atoms with Crippen molar-refractivity contribution in [3.8, 4) is 11.3 Å². The summed E-state index contributed by atoms with van der Waals surface area (Å²) in [6.45, 7) is 0. The minimum absolute atomic E-state index is 0.306. The molecule has 4 heteroatoms. The van der Waals surface area contributed by atoms with E-state index in [-0.39, 0.29) is 5.82 Å². The summed E-state index contributed by atoms with van der Waals surface area (Å²) in [6.07, 6.45) is 1.62. The first kappa shape index (κ1) is 12.1. The van der Waals surface area contributed by atoms with Crippen LogP contribution in [0.1, 0.15) is 0 Å². The molecule has 1 atom stereocenters. The van der Waals surface area contributed by atoms with E-state index in [1.807, 2.05) is 24.3 Å². The Kier molecular flexibility index (Phi) is 2.95. The second-order valence-corrected chi connectivity index (χ2v) is 5.53. The summed E-state index contributed by atoms with van der Waals surface area (Å²) in [4.78, 5) is 0.655. The molecule has 0 aliphatic carbocycles. The van der Waals surface area contributed by atoms with E-state index < -0.39 is 10.8 Å². The minimum Gasteiger partial charge on any atom is -0.455 e. The number of fused-ring (bicyclic) bond motifs is 1. The zero-order valence-electron chi connectivity index (χ0n) is 10.2. The van der Waals surface area contributed by atoms with E-state index >= 15 is 0 Å². The van der Waals surface area contributed by atoms with Crippen molar-refractivity contribution in [2.75, 3.05) is 6.26 Å². The average Bonchev–Trinajstić information content (AvgIpc) is 2.78. The summed E-state index contributed by atoms with van der Waals surface area (Å²) in [5, 5.41) is 0.836. The third-order valence-electron chi connectivity index (χ3n) is 2.94. The van der Waals surface area contributed by atoms with E-state index in [9.17, 15) is 8.60 Å². The molecular weight excluding hydrogens is 263 g/mol. The van der Waals surface area contributed by atoms with Crippen LogP contribution in [0, 0.1) is 5.82 Å². The number of rotatable bonds is 2. The van der Waals surface area contributed by atoms with Crippen LogP contribution < -0.4 is 0 Å². The van der Waals surface area contributed by atoms with Gasteiger partial charge in [-0.1, -0.05) is 12.1 Å². The lowest BCUT2D eigenvalue weighted by atomic mass is 10.1. The van der Waals surface area contributed by atoms with Crippen LogP contribution in [-0.2, 0) is 10.8 Å². The quantitative estimate of drug-likeness (QED) is 0.707. The molecule has 96 valence electrons. The third kappa shape index (κ3) is 2.08. The van der Waals surface area contributed by atoms with Crippen LogP contribution >= 0.6 is 0 Å². The monoisotopic (exact) mass is 274 g/mol. The van der Waals surface area contributed by atoms with E-state index in [4.69, 9.17) is 4.42 Å². The molecule has 0 N–H and O–H groups in total. The smallest absolute Gasteiger partial charge is 0.151 e. The van der Waals surface area contributed by atoms with Gasteiger partial charge in [0.15, 0.2) is 5.76 Å². The molecule has 0 bridgehead atoms. The first-order valence-corrected chi connectivity index (χ1v) is 7.33. The molecule has 0 amide bonds. The van der Waals surface area contributed by atoms with Gasteiger partial charge in [0.05, 0.1) is 15.7 Å². The predicted octanol–water partition coefficient (Wildman–Crippen LogP) is 3.98. The maximum atomic E-state index is 13.0. The van der Waals surface area contributed by atoms with Gasteiger partial charge in [-0.15, -0.1) is 0 Å². The van der Waals surface area contributed by atoms with Gasteiger partial charge in [-0.05, 0) is 36.4 Å². The summed E-state index contributed by atoms with van der Waals surface area (Å²) >= 11 is 0. The van der Waals surface area contributed by atoms with E-state index in [1.54, 1.807) is 18.4 Å². The molecule has 0 aliphatic heterocycles. The Labute approximate surface area is 112 Å². The summed E-state index contributed by atoms with van der Waals surface area (Å²) < 4.78 is 30.7. The van der Waals surface area contributed by atoms with Crippen LogP contribution in [0.3, 0.4) is 0 Å². The zero-order chi connectivity index (χ0) is 13.4. The van der Waals surface area contributed by atoms with Crippen LogP contribution in [-0.4, -0.2) is 10.5 Å². The SMILES string of the molecule is CS(=O)c1c(-c2ccc(F)cc2)oc2ccccc12. The van der Waals surface area contributed by atoms with Crippen molar-refractivity contribution in [1.82, 2.24) is 0 Å². The lowest BCUT2D eigenvalue weighted by Crippen LogP contribution is -1.89. The van der Waals surface area contributed by atoms with Crippen molar-refractivity contribution in [3.63, 3.8) is 0 Å². The van der Waals surface area contributed by atoms with E-state index in [0.717, 1.165) is 10.9 Å². The summed E-state index contributed by atoms with van der Waals surface area (Å²) in [5.74, 6) is 0.237.